The number of benzene rings is 1. The summed E-state index contributed by atoms with van der Waals surface area (Å²) in [5, 5.41) is 0.697. The lowest BCUT2D eigenvalue weighted by atomic mass is 10.1. The number of aromatic nitrogens is 2. The molecule has 0 spiro atoms. The Morgan fingerprint density at radius 2 is 1.95 bits per heavy atom. The SMILES string of the molecule is NCCc1ccc(-c2cn3ccc(Cl)cc3n2)cc1. The van der Waals surface area contributed by atoms with Gasteiger partial charge in [0, 0.05) is 29.0 Å². The molecule has 4 heteroatoms. The number of imidazole rings is 1. The molecule has 0 bridgehead atoms. The standard InChI is InChI=1S/C15H14ClN3/c16-13-6-8-19-10-14(18-15(19)9-13)12-3-1-11(2-4-12)5-7-17/h1-4,6,8-10H,5,7,17H2. The summed E-state index contributed by atoms with van der Waals surface area (Å²) in [5.74, 6) is 0. The largest absolute Gasteiger partial charge is 0.330 e. The van der Waals surface area contributed by atoms with E-state index in [9.17, 15) is 0 Å². The van der Waals surface area contributed by atoms with Crippen LogP contribution in [0.1, 0.15) is 5.56 Å². The van der Waals surface area contributed by atoms with Crippen molar-refractivity contribution in [1.29, 1.82) is 0 Å². The van der Waals surface area contributed by atoms with Crippen molar-refractivity contribution in [3.05, 3.63) is 59.4 Å². The summed E-state index contributed by atoms with van der Waals surface area (Å²) in [5.41, 5.74) is 9.69. The zero-order valence-electron chi connectivity index (χ0n) is 10.4. The van der Waals surface area contributed by atoms with E-state index in [0.29, 0.717) is 11.6 Å². The molecule has 0 aliphatic heterocycles. The van der Waals surface area contributed by atoms with Gasteiger partial charge in [-0.05, 0) is 24.6 Å². The Morgan fingerprint density at radius 1 is 1.16 bits per heavy atom. The number of halogens is 1. The number of pyridine rings is 1. The summed E-state index contributed by atoms with van der Waals surface area (Å²) in [6.07, 6.45) is 4.82. The van der Waals surface area contributed by atoms with Crippen molar-refractivity contribution in [2.75, 3.05) is 6.54 Å². The Bertz CT molecular complexity index is 701. The molecule has 2 aromatic heterocycles. The van der Waals surface area contributed by atoms with Crippen molar-refractivity contribution in [2.45, 2.75) is 6.42 Å². The maximum absolute atomic E-state index is 5.96. The number of nitrogens with zero attached hydrogens (tertiary/aromatic N) is 2. The van der Waals surface area contributed by atoms with Crippen molar-refractivity contribution in [3.8, 4) is 11.3 Å². The minimum Gasteiger partial charge on any atom is -0.330 e. The van der Waals surface area contributed by atoms with Gasteiger partial charge in [-0.25, -0.2) is 4.98 Å². The van der Waals surface area contributed by atoms with Crippen molar-refractivity contribution in [1.82, 2.24) is 9.38 Å². The first-order valence-corrected chi connectivity index (χ1v) is 6.58. The second-order valence-electron chi connectivity index (χ2n) is 4.47. The summed E-state index contributed by atoms with van der Waals surface area (Å²) in [6, 6.07) is 12.1. The number of rotatable bonds is 3. The lowest BCUT2D eigenvalue weighted by Gasteiger charge is -2.00. The number of nitrogens with two attached hydrogens (primary N) is 1. The number of hydrogen-bond acceptors (Lipinski definition) is 2. The predicted molar refractivity (Wildman–Crippen MR) is 78.4 cm³/mol. The minimum atomic E-state index is 0.673. The van der Waals surface area contributed by atoms with E-state index in [0.717, 1.165) is 23.3 Å². The van der Waals surface area contributed by atoms with Gasteiger partial charge in [0.05, 0.1) is 5.69 Å². The van der Waals surface area contributed by atoms with Crippen LogP contribution < -0.4 is 5.73 Å². The van der Waals surface area contributed by atoms with Crippen molar-refractivity contribution in [3.63, 3.8) is 0 Å². The number of fused-ring (bicyclic) bond motifs is 1. The molecule has 3 rings (SSSR count). The van der Waals surface area contributed by atoms with Gasteiger partial charge in [-0.3, -0.25) is 0 Å². The second kappa shape index (κ2) is 5.03. The monoisotopic (exact) mass is 271 g/mol. The van der Waals surface area contributed by atoms with Gasteiger partial charge in [-0.1, -0.05) is 35.9 Å². The molecule has 0 radical (unpaired) electrons. The molecule has 3 aromatic rings. The van der Waals surface area contributed by atoms with Gasteiger partial charge in [0.25, 0.3) is 0 Å². The van der Waals surface area contributed by atoms with Crippen molar-refractivity contribution < 1.29 is 0 Å². The normalized spacial score (nSPS) is 11.1. The lowest BCUT2D eigenvalue weighted by Crippen LogP contribution is -2.02. The van der Waals surface area contributed by atoms with Crippen LogP contribution in [0.2, 0.25) is 5.02 Å². The van der Waals surface area contributed by atoms with E-state index in [-0.39, 0.29) is 0 Å². The summed E-state index contributed by atoms with van der Waals surface area (Å²) >= 11 is 5.96. The first-order chi connectivity index (χ1) is 9.26. The van der Waals surface area contributed by atoms with Gasteiger partial charge in [0.15, 0.2) is 0 Å². The van der Waals surface area contributed by atoms with Gasteiger partial charge in [0.2, 0.25) is 0 Å². The van der Waals surface area contributed by atoms with Gasteiger partial charge in [-0.15, -0.1) is 0 Å². The highest BCUT2D eigenvalue weighted by Gasteiger charge is 2.04. The molecular weight excluding hydrogens is 258 g/mol. The highest BCUT2D eigenvalue weighted by molar-refractivity contribution is 6.30. The summed E-state index contributed by atoms with van der Waals surface area (Å²) in [4.78, 5) is 4.57. The summed E-state index contributed by atoms with van der Waals surface area (Å²) < 4.78 is 1.97. The molecule has 1 aromatic carbocycles. The predicted octanol–water partition coefficient (Wildman–Crippen LogP) is 3.16. The van der Waals surface area contributed by atoms with Gasteiger partial charge >= 0.3 is 0 Å². The average Bonchev–Trinajstić information content (AvgIpc) is 2.83. The highest BCUT2D eigenvalue weighted by atomic mass is 35.5. The van der Waals surface area contributed by atoms with E-state index in [2.05, 4.69) is 29.2 Å². The van der Waals surface area contributed by atoms with Crippen LogP contribution in [0.3, 0.4) is 0 Å². The van der Waals surface area contributed by atoms with E-state index < -0.39 is 0 Å². The maximum atomic E-state index is 5.96. The van der Waals surface area contributed by atoms with E-state index in [1.807, 2.05) is 28.9 Å². The first-order valence-electron chi connectivity index (χ1n) is 6.20. The second-order valence-corrected chi connectivity index (χ2v) is 4.91. The molecule has 0 aliphatic rings. The minimum absolute atomic E-state index is 0.673. The molecule has 3 nitrogen and oxygen atoms in total. The zero-order valence-corrected chi connectivity index (χ0v) is 11.1. The van der Waals surface area contributed by atoms with E-state index in [1.165, 1.54) is 5.56 Å². The molecule has 0 fully saturated rings. The molecule has 0 atom stereocenters. The third-order valence-corrected chi connectivity index (χ3v) is 3.34. The Labute approximate surface area is 116 Å². The average molecular weight is 272 g/mol. The van der Waals surface area contributed by atoms with Gasteiger partial charge < -0.3 is 10.1 Å². The third-order valence-electron chi connectivity index (χ3n) is 3.10. The molecule has 2 heterocycles. The molecule has 96 valence electrons. The fraction of sp³-hybridized carbons (Fsp3) is 0.133. The quantitative estimate of drug-likeness (QED) is 0.795. The summed E-state index contributed by atoms with van der Waals surface area (Å²) in [6.45, 7) is 0.673. The van der Waals surface area contributed by atoms with Crippen LogP contribution in [-0.2, 0) is 6.42 Å². The van der Waals surface area contributed by atoms with Crippen LogP contribution in [0.4, 0.5) is 0 Å². The first kappa shape index (κ1) is 12.2. The van der Waals surface area contributed by atoms with E-state index in [4.69, 9.17) is 17.3 Å². The molecule has 0 unspecified atom stereocenters. The van der Waals surface area contributed by atoms with Crippen LogP contribution in [0, 0.1) is 0 Å². The maximum Gasteiger partial charge on any atom is 0.138 e. The smallest absolute Gasteiger partial charge is 0.138 e. The van der Waals surface area contributed by atoms with E-state index in [1.54, 1.807) is 0 Å². The fourth-order valence-corrected chi connectivity index (χ4v) is 2.26. The Kier molecular flexibility index (Phi) is 3.23. The Balaban J connectivity index is 1.99. The molecule has 0 amide bonds. The number of hydrogen-bond donors (Lipinski definition) is 1. The van der Waals surface area contributed by atoms with Crippen LogP contribution >= 0.6 is 11.6 Å². The molecule has 0 saturated heterocycles. The van der Waals surface area contributed by atoms with Crippen LogP contribution in [0.25, 0.3) is 16.9 Å². The molecule has 2 N–H and O–H groups in total. The molecule has 19 heavy (non-hydrogen) atoms. The van der Waals surface area contributed by atoms with Crippen molar-refractivity contribution in [2.24, 2.45) is 5.73 Å². The molecule has 0 saturated carbocycles. The van der Waals surface area contributed by atoms with Crippen LogP contribution in [-0.4, -0.2) is 15.9 Å². The van der Waals surface area contributed by atoms with Crippen molar-refractivity contribution >= 4 is 17.2 Å². The zero-order chi connectivity index (χ0) is 13.2. The Morgan fingerprint density at radius 3 is 2.68 bits per heavy atom. The van der Waals surface area contributed by atoms with Crippen LogP contribution in [0.5, 0.6) is 0 Å². The molecular formula is C15H14ClN3. The van der Waals surface area contributed by atoms with Gasteiger partial charge in [0.1, 0.15) is 5.65 Å². The fourth-order valence-electron chi connectivity index (χ4n) is 2.10. The topological polar surface area (TPSA) is 43.3 Å². The Hall–Kier alpha value is -1.84. The van der Waals surface area contributed by atoms with Crippen LogP contribution in [0.15, 0.2) is 48.8 Å². The van der Waals surface area contributed by atoms with Gasteiger partial charge in [-0.2, -0.15) is 0 Å². The third kappa shape index (κ3) is 2.48. The highest BCUT2D eigenvalue weighted by Crippen LogP contribution is 2.21. The van der Waals surface area contributed by atoms with E-state index >= 15 is 0 Å². The lowest BCUT2D eigenvalue weighted by molar-refractivity contribution is 0.969. The summed E-state index contributed by atoms with van der Waals surface area (Å²) in [7, 11) is 0. The molecule has 0 aliphatic carbocycles.